The summed E-state index contributed by atoms with van der Waals surface area (Å²) in [5.74, 6) is 0.593. The molecule has 0 saturated heterocycles. The minimum atomic E-state index is 0.593. The van der Waals surface area contributed by atoms with Crippen LogP contribution >= 0.6 is 0 Å². The van der Waals surface area contributed by atoms with Crippen LogP contribution in [0.2, 0.25) is 0 Å². The van der Waals surface area contributed by atoms with Crippen molar-refractivity contribution in [2.45, 2.75) is 19.9 Å². The maximum Gasteiger partial charge on any atom is 0.0955 e. The Morgan fingerprint density at radius 1 is 1.44 bits per heavy atom. The van der Waals surface area contributed by atoms with Gasteiger partial charge in [-0.2, -0.15) is 0 Å². The minimum absolute atomic E-state index is 0.593. The van der Waals surface area contributed by atoms with Crippen LogP contribution in [0.1, 0.15) is 18.9 Å². The second kappa shape index (κ2) is 5.98. The van der Waals surface area contributed by atoms with Gasteiger partial charge in [0.05, 0.1) is 17.4 Å². The number of hydrogen-bond acceptors (Lipinski definition) is 3. The molecule has 1 atom stereocenters. The number of rotatable bonds is 6. The van der Waals surface area contributed by atoms with Gasteiger partial charge in [-0.1, -0.05) is 13.0 Å². The number of fused-ring (bicyclic) bond motifs is 1. The van der Waals surface area contributed by atoms with Crippen molar-refractivity contribution < 1.29 is 0 Å². The van der Waals surface area contributed by atoms with E-state index >= 15 is 0 Å². The maximum absolute atomic E-state index is 5.59. The first-order chi connectivity index (χ1) is 8.70. The number of benzene rings is 1. The van der Waals surface area contributed by atoms with Crippen molar-refractivity contribution in [2.24, 2.45) is 18.7 Å². The van der Waals surface area contributed by atoms with E-state index in [0.717, 1.165) is 31.6 Å². The highest BCUT2D eigenvalue weighted by Gasteiger charge is 2.02. The summed E-state index contributed by atoms with van der Waals surface area (Å²) in [6.45, 7) is 4.85. The minimum Gasteiger partial charge on any atom is -0.334 e. The van der Waals surface area contributed by atoms with Crippen LogP contribution in [0, 0.1) is 5.92 Å². The second-order valence-corrected chi connectivity index (χ2v) is 4.98. The quantitative estimate of drug-likeness (QED) is 0.762. The summed E-state index contributed by atoms with van der Waals surface area (Å²) in [5.41, 5.74) is 9.11. The van der Waals surface area contributed by atoms with Gasteiger partial charge >= 0.3 is 0 Å². The summed E-state index contributed by atoms with van der Waals surface area (Å²) < 4.78 is 2.04. The number of aryl methyl sites for hydroxylation is 1. The highest BCUT2D eigenvalue weighted by atomic mass is 15.0. The van der Waals surface area contributed by atoms with Crippen LogP contribution in [0.4, 0.5) is 0 Å². The average Bonchev–Trinajstić information content (AvgIpc) is 2.76. The van der Waals surface area contributed by atoms with Crippen molar-refractivity contribution in [1.29, 1.82) is 0 Å². The molecule has 1 unspecified atom stereocenters. The van der Waals surface area contributed by atoms with Gasteiger partial charge in [-0.15, -0.1) is 0 Å². The molecule has 1 aromatic carbocycles. The van der Waals surface area contributed by atoms with Crippen LogP contribution < -0.4 is 11.1 Å². The third kappa shape index (κ3) is 3.09. The molecule has 0 amide bonds. The molecule has 0 aliphatic rings. The fourth-order valence-electron chi connectivity index (χ4n) is 1.99. The molecule has 0 aliphatic heterocycles. The molecule has 0 saturated carbocycles. The molecule has 2 aromatic rings. The zero-order valence-electron chi connectivity index (χ0n) is 11.2. The largest absolute Gasteiger partial charge is 0.334 e. The summed E-state index contributed by atoms with van der Waals surface area (Å²) in [7, 11) is 2.02. The molecule has 0 aliphatic carbocycles. The number of hydrogen-bond donors (Lipinski definition) is 2. The van der Waals surface area contributed by atoms with Crippen LogP contribution in [-0.2, 0) is 13.6 Å². The molecule has 4 heteroatoms. The summed E-state index contributed by atoms with van der Waals surface area (Å²) in [4.78, 5) is 4.37. The molecular formula is C14H22N4. The normalized spacial score (nSPS) is 13.1. The van der Waals surface area contributed by atoms with Gasteiger partial charge in [0, 0.05) is 13.6 Å². The Kier molecular flexibility index (Phi) is 4.33. The van der Waals surface area contributed by atoms with E-state index in [2.05, 4.69) is 35.4 Å². The smallest absolute Gasteiger partial charge is 0.0955 e. The lowest BCUT2D eigenvalue weighted by Crippen LogP contribution is -2.20. The highest BCUT2D eigenvalue weighted by molar-refractivity contribution is 5.75. The van der Waals surface area contributed by atoms with Crippen LogP contribution in [0.25, 0.3) is 11.0 Å². The van der Waals surface area contributed by atoms with E-state index in [-0.39, 0.29) is 0 Å². The molecule has 2 rings (SSSR count). The monoisotopic (exact) mass is 246 g/mol. The first-order valence-corrected chi connectivity index (χ1v) is 6.51. The van der Waals surface area contributed by atoms with E-state index in [1.165, 1.54) is 11.1 Å². The molecule has 4 nitrogen and oxygen atoms in total. The van der Waals surface area contributed by atoms with Gasteiger partial charge in [0.15, 0.2) is 0 Å². The van der Waals surface area contributed by atoms with Gasteiger partial charge in [-0.05, 0) is 43.1 Å². The highest BCUT2D eigenvalue weighted by Crippen LogP contribution is 2.13. The van der Waals surface area contributed by atoms with E-state index in [4.69, 9.17) is 5.73 Å². The Morgan fingerprint density at radius 3 is 3.06 bits per heavy atom. The summed E-state index contributed by atoms with van der Waals surface area (Å²) in [6, 6.07) is 6.43. The topological polar surface area (TPSA) is 55.9 Å². The molecule has 0 spiro atoms. The summed E-state index contributed by atoms with van der Waals surface area (Å²) >= 11 is 0. The molecule has 0 radical (unpaired) electrons. The Morgan fingerprint density at radius 2 is 2.28 bits per heavy atom. The van der Waals surface area contributed by atoms with E-state index < -0.39 is 0 Å². The van der Waals surface area contributed by atoms with Crippen molar-refractivity contribution in [2.75, 3.05) is 13.1 Å². The summed E-state index contributed by atoms with van der Waals surface area (Å²) in [5, 5.41) is 3.45. The third-order valence-electron chi connectivity index (χ3n) is 3.34. The van der Waals surface area contributed by atoms with Crippen molar-refractivity contribution in [3.05, 3.63) is 30.1 Å². The summed E-state index contributed by atoms with van der Waals surface area (Å²) in [6.07, 6.45) is 2.98. The number of imidazole rings is 1. The van der Waals surface area contributed by atoms with Crippen molar-refractivity contribution in [3.63, 3.8) is 0 Å². The SMILES string of the molecule is CC(CN)CCNCc1ccc2c(c1)ncn2C. The van der Waals surface area contributed by atoms with E-state index in [1.54, 1.807) is 0 Å². The van der Waals surface area contributed by atoms with Crippen LogP contribution in [-0.4, -0.2) is 22.6 Å². The Hall–Kier alpha value is -1.39. The number of nitrogens with one attached hydrogen (secondary N) is 1. The zero-order valence-corrected chi connectivity index (χ0v) is 11.2. The second-order valence-electron chi connectivity index (χ2n) is 4.98. The first-order valence-electron chi connectivity index (χ1n) is 6.51. The van der Waals surface area contributed by atoms with Gasteiger partial charge in [-0.25, -0.2) is 4.98 Å². The predicted molar refractivity (Wildman–Crippen MR) is 75.3 cm³/mol. The molecular weight excluding hydrogens is 224 g/mol. The van der Waals surface area contributed by atoms with Crippen molar-refractivity contribution in [1.82, 2.24) is 14.9 Å². The predicted octanol–water partition coefficient (Wildman–Crippen LogP) is 1.65. The molecule has 98 valence electrons. The Bertz CT molecular complexity index is 503. The van der Waals surface area contributed by atoms with Gasteiger partial charge < -0.3 is 15.6 Å². The van der Waals surface area contributed by atoms with Crippen molar-refractivity contribution >= 4 is 11.0 Å². The van der Waals surface area contributed by atoms with E-state index in [0.29, 0.717) is 5.92 Å². The first kappa shape index (κ1) is 13.1. The molecule has 1 aromatic heterocycles. The van der Waals surface area contributed by atoms with Crippen LogP contribution in [0.5, 0.6) is 0 Å². The molecule has 0 fully saturated rings. The molecule has 3 N–H and O–H groups in total. The van der Waals surface area contributed by atoms with E-state index in [1.807, 2.05) is 17.9 Å². The van der Waals surface area contributed by atoms with Crippen molar-refractivity contribution in [3.8, 4) is 0 Å². The van der Waals surface area contributed by atoms with Crippen LogP contribution in [0.15, 0.2) is 24.5 Å². The maximum atomic E-state index is 5.59. The lowest BCUT2D eigenvalue weighted by molar-refractivity contribution is 0.509. The third-order valence-corrected chi connectivity index (χ3v) is 3.34. The molecule has 0 bridgehead atoms. The fourth-order valence-corrected chi connectivity index (χ4v) is 1.99. The Balaban J connectivity index is 1.88. The average molecular weight is 246 g/mol. The number of nitrogens with two attached hydrogens (primary N) is 1. The molecule has 1 heterocycles. The standard InChI is InChI=1S/C14H22N4/c1-11(8-15)5-6-16-9-12-3-4-14-13(7-12)17-10-18(14)2/h3-4,7,10-11,16H,5-6,8-9,15H2,1-2H3. The zero-order chi connectivity index (χ0) is 13.0. The van der Waals surface area contributed by atoms with Gasteiger partial charge in [0.1, 0.15) is 0 Å². The Labute approximate surface area is 108 Å². The number of aromatic nitrogens is 2. The fraction of sp³-hybridized carbons (Fsp3) is 0.500. The van der Waals surface area contributed by atoms with Crippen LogP contribution in [0.3, 0.4) is 0 Å². The lowest BCUT2D eigenvalue weighted by atomic mass is 10.1. The van der Waals surface area contributed by atoms with Gasteiger partial charge in [-0.3, -0.25) is 0 Å². The van der Waals surface area contributed by atoms with E-state index in [9.17, 15) is 0 Å². The lowest BCUT2D eigenvalue weighted by Gasteiger charge is -2.09. The number of nitrogens with zero attached hydrogens (tertiary/aromatic N) is 2. The van der Waals surface area contributed by atoms with Gasteiger partial charge in [0.2, 0.25) is 0 Å². The molecule has 18 heavy (non-hydrogen) atoms. The van der Waals surface area contributed by atoms with Gasteiger partial charge in [0.25, 0.3) is 0 Å².